The maximum Gasteiger partial charge on any atom is 0.157 e. The van der Waals surface area contributed by atoms with Gasteiger partial charge in [0.05, 0.1) is 5.60 Å². The molecule has 0 atom stereocenters. The molecular formula is C11H17ClN4O. The van der Waals surface area contributed by atoms with Crippen molar-refractivity contribution < 1.29 is 5.11 Å². The molecule has 1 aliphatic carbocycles. The van der Waals surface area contributed by atoms with Crippen LogP contribution in [-0.2, 0) is 0 Å². The number of rotatable bonds is 3. The topological polar surface area (TPSA) is 75.3 Å². The lowest BCUT2D eigenvalue weighted by molar-refractivity contribution is 0.0558. The predicted molar refractivity (Wildman–Crippen MR) is 68.1 cm³/mol. The van der Waals surface area contributed by atoms with E-state index in [1.54, 1.807) is 0 Å². The minimum absolute atomic E-state index is 0.250. The highest BCUT2D eigenvalue weighted by molar-refractivity contribution is 6.32. The Balaban J connectivity index is 2.14. The average Bonchev–Trinajstić information content (AvgIpc) is 2.68. The molecule has 0 unspecified atom stereocenters. The molecule has 0 spiro atoms. The van der Waals surface area contributed by atoms with Crippen molar-refractivity contribution in [2.24, 2.45) is 0 Å². The summed E-state index contributed by atoms with van der Waals surface area (Å²) in [5, 5.41) is 10.6. The van der Waals surface area contributed by atoms with Crippen molar-refractivity contribution in [2.45, 2.75) is 31.3 Å². The summed E-state index contributed by atoms with van der Waals surface area (Å²) >= 11 is 5.84. The first kappa shape index (κ1) is 12.4. The van der Waals surface area contributed by atoms with Crippen molar-refractivity contribution in [2.75, 3.05) is 24.2 Å². The normalized spacial score (nSPS) is 18.3. The lowest BCUT2D eigenvalue weighted by atomic mass is 10.0. The number of anilines is 2. The van der Waals surface area contributed by atoms with Crippen molar-refractivity contribution in [3.05, 3.63) is 11.5 Å². The van der Waals surface area contributed by atoms with Crippen LogP contribution in [0.1, 0.15) is 25.7 Å². The highest BCUT2D eigenvalue weighted by Gasteiger charge is 2.33. The van der Waals surface area contributed by atoms with E-state index in [-0.39, 0.29) is 5.15 Å². The maximum absolute atomic E-state index is 10.3. The molecule has 0 aliphatic heterocycles. The molecule has 3 N–H and O–H groups in total. The first-order valence-electron chi connectivity index (χ1n) is 5.71. The van der Waals surface area contributed by atoms with Crippen LogP contribution in [-0.4, -0.2) is 34.3 Å². The van der Waals surface area contributed by atoms with Crippen molar-refractivity contribution in [3.8, 4) is 0 Å². The lowest BCUT2D eigenvalue weighted by Crippen LogP contribution is -2.39. The molecular weight excluding hydrogens is 240 g/mol. The maximum atomic E-state index is 10.3. The van der Waals surface area contributed by atoms with Gasteiger partial charge >= 0.3 is 0 Å². The Bertz CT molecular complexity index is 406. The zero-order valence-electron chi connectivity index (χ0n) is 9.86. The second kappa shape index (κ2) is 4.66. The Hall–Kier alpha value is -1.07. The third-order valence-corrected chi connectivity index (χ3v) is 3.54. The molecule has 2 rings (SSSR count). The summed E-state index contributed by atoms with van der Waals surface area (Å²) < 4.78 is 0. The van der Waals surface area contributed by atoms with Crippen molar-refractivity contribution >= 4 is 23.1 Å². The van der Waals surface area contributed by atoms with Gasteiger partial charge in [0.15, 0.2) is 11.0 Å². The van der Waals surface area contributed by atoms with Gasteiger partial charge in [0, 0.05) is 13.6 Å². The molecule has 1 saturated carbocycles. The van der Waals surface area contributed by atoms with E-state index < -0.39 is 5.60 Å². The standard InChI is InChI=1S/C11H17ClN4O/c1-16(6-11(17)4-2-3-5-11)10-8(13)9(12)14-7-15-10/h7,17H,2-6,13H2,1H3. The van der Waals surface area contributed by atoms with Crippen molar-refractivity contribution in [1.29, 1.82) is 0 Å². The molecule has 1 aromatic rings. The van der Waals surface area contributed by atoms with Gasteiger partial charge in [-0.3, -0.25) is 0 Å². The number of aliphatic hydroxyl groups is 1. The molecule has 0 saturated heterocycles. The zero-order chi connectivity index (χ0) is 12.5. The first-order chi connectivity index (χ1) is 8.02. The number of hydrogen-bond acceptors (Lipinski definition) is 5. The van der Waals surface area contributed by atoms with E-state index in [4.69, 9.17) is 17.3 Å². The molecule has 17 heavy (non-hydrogen) atoms. The monoisotopic (exact) mass is 256 g/mol. The molecule has 5 nitrogen and oxygen atoms in total. The number of halogens is 1. The molecule has 0 radical (unpaired) electrons. The summed E-state index contributed by atoms with van der Waals surface area (Å²) in [6.45, 7) is 0.518. The fraction of sp³-hybridized carbons (Fsp3) is 0.636. The van der Waals surface area contributed by atoms with Crippen molar-refractivity contribution in [1.82, 2.24) is 9.97 Å². The summed E-state index contributed by atoms with van der Waals surface area (Å²) in [6.07, 6.45) is 5.18. The summed E-state index contributed by atoms with van der Waals surface area (Å²) in [5.41, 5.74) is 5.55. The summed E-state index contributed by atoms with van der Waals surface area (Å²) in [4.78, 5) is 9.76. The van der Waals surface area contributed by atoms with Crippen LogP contribution in [0.3, 0.4) is 0 Å². The SMILES string of the molecule is CN(CC1(O)CCCC1)c1ncnc(Cl)c1N. The van der Waals surface area contributed by atoms with E-state index in [0.29, 0.717) is 18.1 Å². The molecule has 0 amide bonds. The average molecular weight is 257 g/mol. The van der Waals surface area contributed by atoms with Gasteiger partial charge in [0.2, 0.25) is 0 Å². The van der Waals surface area contributed by atoms with Crippen LogP contribution >= 0.6 is 11.6 Å². The van der Waals surface area contributed by atoms with Gasteiger partial charge < -0.3 is 15.7 Å². The first-order valence-corrected chi connectivity index (χ1v) is 6.09. The number of hydrogen-bond donors (Lipinski definition) is 2. The van der Waals surface area contributed by atoms with Crippen LogP contribution in [0, 0.1) is 0 Å². The second-order valence-electron chi connectivity index (χ2n) is 4.69. The summed E-state index contributed by atoms with van der Waals surface area (Å²) in [6, 6.07) is 0. The molecule has 1 heterocycles. The lowest BCUT2D eigenvalue weighted by Gasteiger charge is -2.29. The molecule has 1 fully saturated rings. The third kappa shape index (κ3) is 2.61. The Morgan fingerprint density at radius 1 is 1.47 bits per heavy atom. The highest BCUT2D eigenvalue weighted by Crippen LogP contribution is 2.32. The van der Waals surface area contributed by atoms with Crippen LogP contribution in [0.15, 0.2) is 6.33 Å². The summed E-state index contributed by atoms with van der Waals surface area (Å²) in [7, 11) is 1.85. The van der Waals surface area contributed by atoms with E-state index in [1.165, 1.54) is 6.33 Å². The minimum atomic E-state index is -0.626. The van der Waals surface area contributed by atoms with Gasteiger partial charge in [0.1, 0.15) is 12.0 Å². The molecule has 6 heteroatoms. The van der Waals surface area contributed by atoms with E-state index in [9.17, 15) is 5.11 Å². The van der Waals surface area contributed by atoms with E-state index in [0.717, 1.165) is 25.7 Å². The number of likely N-dealkylation sites (N-methyl/N-ethyl adjacent to an activating group) is 1. The van der Waals surface area contributed by atoms with Crippen LogP contribution in [0.5, 0.6) is 0 Å². The minimum Gasteiger partial charge on any atom is -0.393 e. The highest BCUT2D eigenvalue weighted by atomic mass is 35.5. The van der Waals surface area contributed by atoms with E-state index in [1.807, 2.05) is 11.9 Å². The molecule has 0 aromatic carbocycles. The molecule has 1 aliphatic rings. The predicted octanol–water partition coefficient (Wildman–Crippen LogP) is 1.45. The van der Waals surface area contributed by atoms with Gasteiger partial charge in [-0.05, 0) is 12.8 Å². The van der Waals surface area contributed by atoms with Crippen LogP contribution < -0.4 is 10.6 Å². The van der Waals surface area contributed by atoms with Crippen LogP contribution in [0.25, 0.3) is 0 Å². The van der Waals surface area contributed by atoms with Gasteiger partial charge in [-0.1, -0.05) is 24.4 Å². The van der Waals surface area contributed by atoms with Gasteiger partial charge in [-0.2, -0.15) is 0 Å². The number of nitrogens with two attached hydrogens (primary N) is 1. The number of nitrogen functional groups attached to an aromatic ring is 1. The quantitative estimate of drug-likeness (QED) is 0.801. The third-order valence-electron chi connectivity index (χ3n) is 3.24. The van der Waals surface area contributed by atoms with Gasteiger partial charge in [-0.15, -0.1) is 0 Å². The van der Waals surface area contributed by atoms with Gasteiger partial charge in [0.25, 0.3) is 0 Å². The Labute approximate surface area is 106 Å². The molecule has 1 aromatic heterocycles. The van der Waals surface area contributed by atoms with Crippen LogP contribution in [0.4, 0.5) is 11.5 Å². The Kier molecular flexibility index (Phi) is 3.40. The Morgan fingerprint density at radius 3 is 2.76 bits per heavy atom. The second-order valence-corrected chi connectivity index (χ2v) is 5.05. The smallest absolute Gasteiger partial charge is 0.157 e. The van der Waals surface area contributed by atoms with Gasteiger partial charge in [-0.25, -0.2) is 9.97 Å². The zero-order valence-corrected chi connectivity index (χ0v) is 10.6. The number of aromatic nitrogens is 2. The van der Waals surface area contributed by atoms with Crippen molar-refractivity contribution in [3.63, 3.8) is 0 Å². The van der Waals surface area contributed by atoms with Crippen LogP contribution in [0.2, 0.25) is 5.15 Å². The Morgan fingerprint density at radius 2 is 2.12 bits per heavy atom. The molecule has 0 bridgehead atoms. The van der Waals surface area contributed by atoms with E-state index in [2.05, 4.69) is 9.97 Å². The summed E-state index contributed by atoms with van der Waals surface area (Å²) in [5.74, 6) is 0.574. The number of nitrogens with zero attached hydrogens (tertiary/aromatic N) is 3. The van der Waals surface area contributed by atoms with E-state index >= 15 is 0 Å². The fourth-order valence-electron chi connectivity index (χ4n) is 2.38. The molecule has 94 valence electrons. The fourth-order valence-corrected chi connectivity index (χ4v) is 2.51. The largest absolute Gasteiger partial charge is 0.393 e.